The zero-order valence-electron chi connectivity index (χ0n) is 52.0. The highest BCUT2D eigenvalue weighted by atomic mass is 31.2. The molecule has 0 bridgehead atoms. The monoisotopic (exact) mass is 1150 g/mol. The maximum Gasteiger partial charge on any atom is 0.472 e. The van der Waals surface area contributed by atoms with Crippen LogP contribution >= 0.6 is 7.82 Å². The summed E-state index contributed by atoms with van der Waals surface area (Å²) in [5.74, 6) is -0.866. The molecule has 0 aromatic carbocycles. The van der Waals surface area contributed by atoms with E-state index < -0.39 is 32.5 Å². The lowest BCUT2D eigenvalue weighted by atomic mass is 10.0. The van der Waals surface area contributed by atoms with E-state index >= 15 is 0 Å². The van der Waals surface area contributed by atoms with Crippen LogP contribution in [0.3, 0.4) is 0 Å². The summed E-state index contributed by atoms with van der Waals surface area (Å²) in [6.45, 7) is 3.61. The van der Waals surface area contributed by atoms with Gasteiger partial charge in [0.1, 0.15) is 6.61 Å². The fourth-order valence-corrected chi connectivity index (χ4v) is 9.74. The number of phosphoric acid groups is 1. The average Bonchev–Trinajstić information content (AvgIpc) is 3.46. The topological polar surface area (TPSA) is 134 Å². The number of unbranched alkanes of at least 4 members (excludes halogenated alkanes) is 28. The van der Waals surface area contributed by atoms with Crippen LogP contribution in [-0.2, 0) is 32.7 Å². The molecule has 9 nitrogen and oxygen atoms in total. The Bertz CT molecular complexity index is 1740. The number of hydrogen-bond acceptors (Lipinski definition) is 8. The molecule has 0 saturated heterocycles. The molecule has 81 heavy (non-hydrogen) atoms. The molecule has 0 rings (SSSR count). The van der Waals surface area contributed by atoms with Gasteiger partial charge in [0.25, 0.3) is 0 Å². The Morgan fingerprint density at radius 2 is 0.679 bits per heavy atom. The van der Waals surface area contributed by atoms with Gasteiger partial charge in [-0.1, -0.05) is 283 Å². The second-order valence-electron chi connectivity index (χ2n) is 21.6. The van der Waals surface area contributed by atoms with Gasteiger partial charge in [-0.05, 0) is 109 Å². The predicted octanol–water partition coefficient (Wildman–Crippen LogP) is 21.5. The van der Waals surface area contributed by atoms with Crippen molar-refractivity contribution in [3.8, 4) is 0 Å². The average molecular weight is 1150 g/mol. The Hall–Kier alpha value is -3.59. The van der Waals surface area contributed by atoms with Crippen LogP contribution in [0, 0.1) is 0 Å². The first-order valence-corrected chi connectivity index (χ1v) is 34.5. The summed E-state index contributed by atoms with van der Waals surface area (Å²) in [6.07, 6.45) is 91.4. The molecule has 2 unspecified atom stereocenters. The third-order valence-electron chi connectivity index (χ3n) is 13.8. The van der Waals surface area contributed by atoms with Crippen molar-refractivity contribution in [2.75, 3.05) is 26.4 Å². The van der Waals surface area contributed by atoms with Crippen molar-refractivity contribution < 1.29 is 37.6 Å². The van der Waals surface area contributed by atoms with Gasteiger partial charge in [-0.2, -0.15) is 0 Å². The van der Waals surface area contributed by atoms with Crippen LogP contribution in [0.4, 0.5) is 0 Å². The van der Waals surface area contributed by atoms with E-state index in [-0.39, 0.29) is 32.6 Å². The van der Waals surface area contributed by atoms with E-state index in [2.05, 4.69) is 135 Å². The minimum Gasteiger partial charge on any atom is -0.462 e. The number of hydrogen-bond donors (Lipinski definition) is 2. The SMILES string of the molecule is CC/C=C\C/C=C\C/C=C\C/C=C\C/C=C\C/C=C\C/C=C\C/C=C\C/C=C\CCCCCC(=O)OC(COC(=O)CCCCCCCCCCCCCCCCCCC/C=C\CCCCCCCCCC)COP(=O)(O)OCCN. The van der Waals surface area contributed by atoms with Crippen LogP contribution in [0.15, 0.2) is 122 Å². The smallest absolute Gasteiger partial charge is 0.462 e. The highest BCUT2D eigenvalue weighted by Crippen LogP contribution is 2.43. The quantitative estimate of drug-likeness (QED) is 0.0264. The zero-order chi connectivity index (χ0) is 58.7. The molecule has 10 heteroatoms. The molecule has 464 valence electrons. The fourth-order valence-electron chi connectivity index (χ4n) is 8.98. The molecule has 0 heterocycles. The lowest BCUT2D eigenvalue weighted by molar-refractivity contribution is -0.161. The molecular weight excluding hydrogens is 1030 g/mol. The zero-order valence-corrected chi connectivity index (χ0v) is 52.9. The van der Waals surface area contributed by atoms with Gasteiger partial charge < -0.3 is 20.1 Å². The number of carbonyl (C=O) groups excluding carboxylic acids is 2. The molecule has 0 aliphatic heterocycles. The first-order valence-electron chi connectivity index (χ1n) is 33.0. The summed E-state index contributed by atoms with van der Waals surface area (Å²) in [5, 5.41) is 0. The van der Waals surface area contributed by atoms with E-state index in [1.54, 1.807) is 0 Å². The Labute approximate surface area is 498 Å². The maximum absolute atomic E-state index is 12.7. The number of phosphoric ester groups is 1. The minimum absolute atomic E-state index is 0.0422. The van der Waals surface area contributed by atoms with E-state index in [0.717, 1.165) is 96.3 Å². The van der Waals surface area contributed by atoms with Crippen LogP contribution in [0.1, 0.15) is 284 Å². The molecule has 0 aromatic rings. The van der Waals surface area contributed by atoms with Gasteiger partial charge in [-0.15, -0.1) is 0 Å². The molecule has 3 N–H and O–H groups in total. The lowest BCUT2D eigenvalue weighted by Crippen LogP contribution is -2.29. The Morgan fingerprint density at radius 1 is 0.383 bits per heavy atom. The normalized spacial score (nSPS) is 13.8. The van der Waals surface area contributed by atoms with E-state index in [9.17, 15) is 19.0 Å². The summed E-state index contributed by atoms with van der Waals surface area (Å²) >= 11 is 0. The fraction of sp³-hybridized carbons (Fsp3) is 0.690. The van der Waals surface area contributed by atoms with Gasteiger partial charge in [0.05, 0.1) is 13.2 Å². The van der Waals surface area contributed by atoms with Gasteiger partial charge in [0.2, 0.25) is 0 Å². The number of rotatable bonds is 61. The first-order chi connectivity index (χ1) is 39.8. The van der Waals surface area contributed by atoms with Crippen molar-refractivity contribution in [3.05, 3.63) is 122 Å². The Kier molecular flexibility index (Phi) is 62.7. The summed E-state index contributed by atoms with van der Waals surface area (Å²) < 4.78 is 33.1. The van der Waals surface area contributed by atoms with E-state index in [0.29, 0.717) is 6.42 Å². The van der Waals surface area contributed by atoms with Gasteiger partial charge in [0.15, 0.2) is 6.10 Å². The molecule has 0 aliphatic rings. The van der Waals surface area contributed by atoms with Crippen molar-refractivity contribution >= 4 is 19.8 Å². The number of nitrogens with two attached hydrogens (primary N) is 1. The van der Waals surface area contributed by atoms with Crippen molar-refractivity contribution in [3.63, 3.8) is 0 Å². The van der Waals surface area contributed by atoms with Crippen LogP contribution in [0.2, 0.25) is 0 Å². The predicted molar refractivity (Wildman–Crippen MR) is 348 cm³/mol. The van der Waals surface area contributed by atoms with Crippen LogP contribution in [0.25, 0.3) is 0 Å². The van der Waals surface area contributed by atoms with E-state index in [1.165, 1.54) is 154 Å². The van der Waals surface area contributed by atoms with Crippen molar-refractivity contribution in [2.45, 2.75) is 290 Å². The molecule has 0 saturated carbocycles. The second kappa shape index (κ2) is 65.6. The molecule has 0 amide bonds. The van der Waals surface area contributed by atoms with Crippen LogP contribution in [-0.4, -0.2) is 49.3 Å². The standard InChI is InChI=1S/C71H122NO8P/c1-3-5-7-9-11-13-15-17-19-21-23-25-27-29-31-33-34-36-38-40-42-44-46-48-50-52-54-56-58-60-62-64-71(74)80-69(68-79-81(75,76)78-66-65-72)67-77-70(73)63-61-59-57-55-53-51-49-47-45-43-41-39-37-35-32-30-28-26-24-22-20-18-16-14-12-10-8-6-4-2/h5,7,11,13,17,19,22-25,29,31,34,36,40,42,46,48,52,54,69H,3-4,6,8-10,12,14-16,18,20-21,26-28,30,32-33,35,37-39,41,43-45,47,49-51,53,55-68,72H2,1-2H3,(H,75,76)/b7-5-,13-11-,19-17-,24-22-,25-23-,31-29-,36-34-,42-40-,48-46-,54-52-. The third-order valence-corrected chi connectivity index (χ3v) is 14.8. The molecule has 0 aromatic heterocycles. The molecule has 0 radical (unpaired) electrons. The van der Waals surface area contributed by atoms with Gasteiger partial charge in [0, 0.05) is 19.4 Å². The number of ether oxygens (including phenoxy) is 2. The number of esters is 2. The van der Waals surface area contributed by atoms with Gasteiger partial charge in [-0.25, -0.2) is 4.57 Å². The maximum atomic E-state index is 12.7. The molecule has 0 aliphatic carbocycles. The van der Waals surface area contributed by atoms with E-state index in [1.807, 2.05) is 0 Å². The third kappa shape index (κ3) is 65.4. The number of carbonyl (C=O) groups is 2. The molecule has 0 fully saturated rings. The first kappa shape index (κ1) is 77.4. The van der Waals surface area contributed by atoms with Gasteiger partial charge in [-0.3, -0.25) is 18.6 Å². The van der Waals surface area contributed by atoms with Crippen LogP contribution < -0.4 is 5.73 Å². The molecular formula is C71H122NO8P. The lowest BCUT2D eigenvalue weighted by Gasteiger charge is -2.19. The number of allylic oxidation sites excluding steroid dienone is 20. The van der Waals surface area contributed by atoms with Crippen molar-refractivity contribution in [1.29, 1.82) is 0 Å². The summed E-state index contributed by atoms with van der Waals surface area (Å²) in [4.78, 5) is 35.3. The largest absolute Gasteiger partial charge is 0.472 e. The Morgan fingerprint density at radius 3 is 1.04 bits per heavy atom. The van der Waals surface area contributed by atoms with Crippen molar-refractivity contribution in [2.24, 2.45) is 5.73 Å². The summed E-state index contributed by atoms with van der Waals surface area (Å²) in [5.41, 5.74) is 5.39. The van der Waals surface area contributed by atoms with Gasteiger partial charge >= 0.3 is 19.8 Å². The minimum atomic E-state index is -4.41. The van der Waals surface area contributed by atoms with Crippen LogP contribution in [0.5, 0.6) is 0 Å². The second-order valence-corrected chi connectivity index (χ2v) is 23.1. The van der Waals surface area contributed by atoms with E-state index in [4.69, 9.17) is 24.3 Å². The molecule has 2 atom stereocenters. The summed E-state index contributed by atoms with van der Waals surface area (Å²) in [7, 11) is -4.41. The highest BCUT2D eigenvalue weighted by Gasteiger charge is 2.26. The summed E-state index contributed by atoms with van der Waals surface area (Å²) in [6, 6.07) is 0. The van der Waals surface area contributed by atoms with Crippen molar-refractivity contribution in [1.82, 2.24) is 0 Å². The Balaban J connectivity index is 4.01. The molecule has 0 spiro atoms. The highest BCUT2D eigenvalue weighted by molar-refractivity contribution is 7.47.